The summed E-state index contributed by atoms with van der Waals surface area (Å²) in [5.41, 5.74) is 8.59. The van der Waals surface area contributed by atoms with Crippen molar-refractivity contribution in [3.05, 3.63) is 28.1 Å². The first kappa shape index (κ1) is 8.16. The van der Waals surface area contributed by atoms with Crippen molar-refractivity contribution in [2.45, 2.75) is 0 Å². The highest BCUT2D eigenvalue weighted by molar-refractivity contribution is 14.2. The second-order valence-electron chi connectivity index (χ2n) is 3.10. The van der Waals surface area contributed by atoms with Crippen LogP contribution in [0.25, 0.3) is 17.2 Å². The van der Waals surface area contributed by atoms with Gasteiger partial charge in [-0.3, -0.25) is 4.57 Å². The summed E-state index contributed by atoms with van der Waals surface area (Å²) in [6, 6.07) is 5.85. The predicted molar refractivity (Wildman–Crippen MR) is 68.7 cm³/mol. The number of imidazole rings is 1. The fourth-order valence-corrected chi connectivity index (χ4v) is 3.03. The lowest BCUT2D eigenvalue weighted by Gasteiger charge is -2.01. The van der Waals surface area contributed by atoms with Crippen LogP contribution < -0.4 is 5.73 Å². The minimum atomic E-state index is 0.0599. The van der Waals surface area contributed by atoms with Gasteiger partial charge < -0.3 is 5.73 Å². The van der Waals surface area contributed by atoms with Crippen LogP contribution in [0.2, 0.25) is 0 Å². The number of hydrogen-bond donors (Lipinski definition) is 1. The van der Waals surface area contributed by atoms with Gasteiger partial charge in [-0.05, 0) is 22.3 Å². The average molecular weight is 297 g/mol. The number of rotatable bonds is 0. The third kappa shape index (κ3) is 1.10. The molecule has 0 saturated heterocycles. The monoisotopic (exact) mass is 297 g/mol. The highest BCUT2D eigenvalue weighted by Crippen LogP contribution is 2.22. The summed E-state index contributed by atoms with van der Waals surface area (Å²) in [6.45, 7) is 0. The Balaban J connectivity index is 2.44. The van der Waals surface area contributed by atoms with E-state index in [2.05, 4.69) is 23.8 Å². The molecule has 2 heterocycles. The SMILES string of the molecule is Nc1ccc2c(c1)nc1n2C=CI=C1. The van der Waals surface area contributed by atoms with E-state index < -0.39 is 0 Å². The molecule has 0 atom stereocenters. The Morgan fingerprint density at radius 1 is 1.36 bits per heavy atom. The lowest BCUT2D eigenvalue weighted by molar-refractivity contribution is 1.16. The average Bonchev–Trinajstić information content (AvgIpc) is 2.54. The summed E-state index contributed by atoms with van der Waals surface area (Å²) in [7, 11) is 0. The van der Waals surface area contributed by atoms with Crippen molar-refractivity contribution in [1.82, 2.24) is 9.55 Å². The van der Waals surface area contributed by atoms with Crippen LogP contribution in [0.5, 0.6) is 0 Å². The van der Waals surface area contributed by atoms with Gasteiger partial charge in [0, 0.05) is 15.9 Å². The second-order valence-corrected chi connectivity index (χ2v) is 5.16. The summed E-state index contributed by atoms with van der Waals surface area (Å²) in [5, 5.41) is 0. The van der Waals surface area contributed by atoms with Crippen molar-refractivity contribution in [3.63, 3.8) is 0 Å². The summed E-state index contributed by atoms with van der Waals surface area (Å²) in [4.78, 5) is 4.52. The van der Waals surface area contributed by atoms with Gasteiger partial charge in [0.2, 0.25) is 0 Å². The van der Waals surface area contributed by atoms with Crippen molar-refractivity contribution in [2.24, 2.45) is 0 Å². The number of aromatic nitrogens is 2. The predicted octanol–water partition coefficient (Wildman–Crippen LogP) is 2.18. The zero-order chi connectivity index (χ0) is 9.54. The minimum absolute atomic E-state index is 0.0599. The van der Waals surface area contributed by atoms with E-state index in [1.54, 1.807) is 0 Å². The molecule has 70 valence electrons. The molecule has 0 fully saturated rings. The number of nitrogens with two attached hydrogens (primary N) is 1. The zero-order valence-electron chi connectivity index (χ0n) is 7.31. The number of halogens is 1. The number of fused-ring (bicyclic) bond motifs is 3. The van der Waals surface area contributed by atoms with Crippen LogP contribution in [0.15, 0.2) is 22.3 Å². The Morgan fingerprint density at radius 2 is 2.29 bits per heavy atom. The standard InChI is InChI=1S/C10H8IN3/c12-7-1-2-9-8(5-7)13-10-6-11-3-4-14(9)10/h1-6H,12H2. The van der Waals surface area contributed by atoms with Gasteiger partial charge in [0.1, 0.15) is 5.82 Å². The highest BCUT2D eigenvalue weighted by atomic mass is 127. The Bertz CT molecular complexity index is 566. The number of nitrogen functional groups attached to an aromatic ring is 1. The first-order chi connectivity index (χ1) is 6.84. The lowest BCUT2D eigenvalue weighted by Crippen LogP contribution is -1.95. The molecule has 0 amide bonds. The van der Waals surface area contributed by atoms with E-state index in [1.165, 1.54) is 0 Å². The number of nitrogens with zero attached hydrogens (tertiary/aromatic N) is 2. The second kappa shape index (κ2) is 2.91. The van der Waals surface area contributed by atoms with Gasteiger partial charge in [-0.25, -0.2) is 4.98 Å². The molecule has 3 nitrogen and oxygen atoms in total. The van der Waals surface area contributed by atoms with E-state index in [4.69, 9.17) is 5.73 Å². The van der Waals surface area contributed by atoms with Gasteiger partial charge in [0.15, 0.2) is 0 Å². The van der Waals surface area contributed by atoms with Crippen LogP contribution in [0.4, 0.5) is 5.69 Å². The molecule has 2 aromatic rings. The molecule has 1 aliphatic rings. The first-order valence-electron chi connectivity index (χ1n) is 4.24. The lowest BCUT2D eigenvalue weighted by atomic mass is 10.3. The fourth-order valence-electron chi connectivity index (χ4n) is 1.55. The molecular weight excluding hydrogens is 289 g/mol. The normalized spacial score (nSPS) is 14.0. The van der Waals surface area contributed by atoms with Crippen LogP contribution in [-0.4, -0.2) is 13.6 Å². The number of benzene rings is 1. The molecule has 3 rings (SSSR count). The Labute approximate surface area is 91.0 Å². The van der Waals surface area contributed by atoms with Crippen molar-refractivity contribution in [1.29, 1.82) is 0 Å². The summed E-state index contributed by atoms with van der Waals surface area (Å²) in [6.07, 6.45) is 2.11. The molecule has 1 aromatic carbocycles. The van der Waals surface area contributed by atoms with Gasteiger partial charge >= 0.3 is 0 Å². The van der Waals surface area contributed by atoms with Gasteiger partial charge in [-0.1, -0.05) is 20.7 Å². The van der Waals surface area contributed by atoms with Crippen LogP contribution >= 0.6 is 20.7 Å². The van der Waals surface area contributed by atoms with E-state index in [0.717, 1.165) is 22.5 Å². The molecule has 0 radical (unpaired) electrons. The van der Waals surface area contributed by atoms with Crippen molar-refractivity contribution in [2.75, 3.05) is 5.73 Å². The Morgan fingerprint density at radius 3 is 3.21 bits per heavy atom. The summed E-state index contributed by atoms with van der Waals surface area (Å²) >= 11 is 0.0599. The molecule has 4 heteroatoms. The van der Waals surface area contributed by atoms with E-state index in [1.807, 2.05) is 18.2 Å². The zero-order valence-corrected chi connectivity index (χ0v) is 9.47. The van der Waals surface area contributed by atoms with Crippen LogP contribution in [-0.2, 0) is 0 Å². The van der Waals surface area contributed by atoms with Crippen LogP contribution in [0, 0.1) is 0 Å². The topological polar surface area (TPSA) is 43.8 Å². The first-order valence-corrected chi connectivity index (χ1v) is 6.73. The summed E-state index contributed by atoms with van der Waals surface area (Å²) < 4.78 is 6.55. The third-order valence-corrected chi connectivity index (χ3v) is 3.83. The van der Waals surface area contributed by atoms with E-state index in [0.29, 0.717) is 0 Å². The van der Waals surface area contributed by atoms with Crippen molar-refractivity contribution in [3.8, 4) is 0 Å². The van der Waals surface area contributed by atoms with Gasteiger partial charge in [-0.2, -0.15) is 0 Å². The molecule has 1 aliphatic heterocycles. The molecule has 0 unspecified atom stereocenters. The minimum Gasteiger partial charge on any atom is -0.399 e. The molecular formula is C10H8IN3. The molecule has 14 heavy (non-hydrogen) atoms. The maximum absolute atomic E-state index is 5.71. The third-order valence-electron chi connectivity index (χ3n) is 2.18. The Hall–Kier alpha value is -1.17. The van der Waals surface area contributed by atoms with E-state index >= 15 is 0 Å². The molecule has 2 N–H and O–H groups in total. The van der Waals surface area contributed by atoms with Gasteiger partial charge in [-0.15, -0.1) is 0 Å². The van der Waals surface area contributed by atoms with E-state index in [9.17, 15) is 0 Å². The number of anilines is 1. The summed E-state index contributed by atoms with van der Waals surface area (Å²) in [5.74, 6) is 1.06. The van der Waals surface area contributed by atoms with Crippen LogP contribution in [0.3, 0.4) is 0 Å². The van der Waals surface area contributed by atoms with Gasteiger partial charge in [0.25, 0.3) is 0 Å². The number of hydrogen-bond acceptors (Lipinski definition) is 2. The quantitative estimate of drug-likeness (QED) is 0.598. The molecule has 0 saturated carbocycles. The molecule has 1 aromatic heterocycles. The fraction of sp³-hybridized carbons (Fsp3) is 0. The largest absolute Gasteiger partial charge is 0.399 e. The Kier molecular flexibility index (Phi) is 1.70. The molecule has 0 aliphatic carbocycles. The van der Waals surface area contributed by atoms with Crippen molar-refractivity contribution >= 4 is 47.7 Å². The maximum atomic E-state index is 5.71. The molecule has 0 spiro atoms. The molecule has 0 bridgehead atoms. The maximum Gasteiger partial charge on any atom is 0.143 e. The van der Waals surface area contributed by atoms with Gasteiger partial charge in [0.05, 0.1) is 11.0 Å². The van der Waals surface area contributed by atoms with Crippen LogP contribution in [0.1, 0.15) is 5.82 Å². The van der Waals surface area contributed by atoms with Crippen molar-refractivity contribution < 1.29 is 0 Å². The van der Waals surface area contributed by atoms with E-state index in [-0.39, 0.29) is 20.7 Å². The highest BCUT2D eigenvalue weighted by Gasteiger charge is 2.07. The smallest absolute Gasteiger partial charge is 0.143 e.